The van der Waals surface area contributed by atoms with Crippen molar-refractivity contribution in [2.24, 2.45) is 0 Å². The van der Waals surface area contributed by atoms with Gasteiger partial charge in [-0.1, -0.05) is 0 Å². The minimum Gasteiger partial charge on any atom is 0 e. The molecule has 0 atom stereocenters. The molecule has 0 fully saturated rings. The van der Waals surface area contributed by atoms with Crippen LogP contribution in [0, 0.1) is 0 Å². The molecule has 0 amide bonds. The van der Waals surface area contributed by atoms with Gasteiger partial charge < -0.3 is 0 Å². The fourth-order valence-corrected chi connectivity index (χ4v) is 6.75. The van der Waals surface area contributed by atoms with Crippen LogP contribution in [0.3, 0.4) is 0 Å². The van der Waals surface area contributed by atoms with Gasteiger partial charge in [0.05, 0.1) is 55.5 Å². The summed E-state index contributed by atoms with van der Waals surface area (Å²) in [5.74, 6) is 0. The quantitative estimate of drug-likeness (QED) is 0.182. The van der Waals surface area contributed by atoms with Crippen LogP contribution in [0.1, 0.15) is 62.3 Å². The first kappa shape index (κ1) is 40.2. The van der Waals surface area contributed by atoms with E-state index >= 15 is 0 Å². The maximum absolute atomic E-state index is 2.33. The molecule has 0 rings (SSSR count). The van der Waals surface area contributed by atoms with Gasteiger partial charge in [-0.05, 0) is 86.1 Å². The summed E-state index contributed by atoms with van der Waals surface area (Å²) in [7, 11) is 0.412. The average molecular weight is 622 g/mol. The molecular weight excluding hydrogens is 564 g/mol. The number of hydrogen-bond donors (Lipinski definition) is 0. The maximum atomic E-state index is 2.33. The molecule has 0 aromatic heterocycles. The third-order valence-electron chi connectivity index (χ3n) is 4.50. The third kappa shape index (κ3) is 47.8. The topological polar surface area (TPSA) is 0 Å². The van der Waals surface area contributed by atoms with Gasteiger partial charge in [-0.25, -0.2) is 0 Å². The first-order valence-corrected chi connectivity index (χ1v) is 24.5. The van der Waals surface area contributed by atoms with Crippen LogP contribution in [0.25, 0.3) is 0 Å². The predicted molar refractivity (Wildman–Crippen MR) is 149 cm³/mol. The van der Waals surface area contributed by atoms with E-state index in [0.29, 0.717) is 0 Å². The fourth-order valence-electron chi connectivity index (χ4n) is 2.25. The minimum atomic E-state index is -0.601. The Balaban J connectivity index is -0.0000000793. The Labute approximate surface area is 204 Å². The Hall–Kier alpha value is 2.82. The Morgan fingerprint density at radius 3 is 0.519 bits per heavy atom. The minimum absolute atomic E-state index is 0. The van der Waals surface area contributed by atoms with Crippen molar-refractivity contribution in [2.45, 2.75) is 82.0 Å². The molecule has 2 radical (unpaired) electrons. The molecule has 27 heavy (non-hydrogen) atoms. The zero-order valence-corrected chi connectivity index (χ0v) is 28.3. The van der Waals surface area contributed by atoms with E-state index in [0.717, 1.165) is 0 Å². The summed E-state index contributed by atoms with van der Waals surface area (Å²) in [5, 5.41) is 0. The smallest absolute Gasteiger partial charge is 0 e. The van der Waals surface area contributed by atoms with E-state index in [1.54, 1.807) is 0 Å². The first-order valence-electron chi connectivity index (χ1n) is 11.3. The van der Waals surface area contributed by atoms with Crippen molar-refractivity contribution >= 4 is 50.9 Å². The Bertz CT molecular complexity index is 179. The van der Waals surface area contributed by atoms with Crippen LogP contribution >= 0.6 is 23.8 Å². The second-order valence-corrected chi connectivity index (χ2v) is 33.1. The largest absolute Gasteiger partial charge is 0 e. The maximum Gasteiger partial charge on any atom is 0 e. The van der Waals surface area contributed by atoms with Crippen LogP contribution in [-0.4, -0.2) is 82.6 Å². The molecule has 0 unspecified atom stereocenters. The van der Waals surface area contributed by atoms with Crippen LogP contribution < -0.4 is 0 Å². The molecule has 0 saturated carbocycles. The molecule has 0 N–H and O–H groups in total. The molecule has 0 bridgehead atoms. The summed E-state index contributed by atoms with van der Waals surface area (Å²) >= 11 is 2.26. The van der Waals surface area contributed by atoms with Gasteiger partial charge >= 0.3 is 46.8 Å². The molecule has 0 aliphatic heterocycles. The summed E-state index contributed by atoms with van der Waals surface area (Å²) in [6.45, 7) is 27.8. The van der Waals surface area contributed by atoms with Crippen molar-refractivity contribution in [2.75, 3.05) is 55.5 Å². The average Bonchev–Trinajstić information content (AvgIpc) is 2.59. The van der Waals surface area contributed by atoms with Crippen molar-refractivity contribution < 1.29 is 17.1 Å². The van der Waals surface area contributed by atoms with E-state index in [2.05, 4.69) is 103 Å². The summed E-state index contributed by atoms with van der Waals surface area (Å²) in [6, 6.07) is 0. The second kappa shape index (κ2) is 31.0. The molecule has 0 saturated heterocycles. The Morgan fingerprint density at radius 2 is 0.519 bits per heavy atom. The molecule has 0 spiro atoms. The zero-order chi connectivity index (χ0) is 21.6. The van der Waals surface area contributed by atoms with Crippen molar-refractivity contribution in [3.63, 3.8) is 0 Å². The normalized spacial score (nSPS) is 10.2. The Morgan fingerprint density at radius 1 is 0.444 bits per heavy atom. The van der Waals surface area contributed by atoms with Gasteiger partial charge in [0.2, 0.25) is 0 Å². The monoisotopic (exact) mass is 623 g/mol. The van der Waals surface area contributed by atoms with E-state index < -0.39 is 5.62 Å². The molecule has 0 aromatic carbocycles. The standard InChI is InChI=1S/3C6H15P.C3H9SiTe.Cu/c3*1-4-7(5-2)6-3;1-4(2,3)5;/h3*4-6H2,1-3H3;1-3H3;/p+3. The molecule has 174 valence electrons. The van der Waals surface area contributed by atoms with Crippen LogP contribution in [0.5, 0.6) is 0 Å². The molecule has 0 aromatic rings. The molecule has 6 heteroatoms. The van der Waals surface area contributed by atoms with Gasteiger partial charge in [0.25, 0.3) is 0 Å². The van der Waals surface area contributed by atoms with Gasteiger partial charge in [-0.2, -0.15) is 0 Å². The van der Waals surface area contributed by atoms with E-state index in [9.17, 15) is 0 Å². The van der Waals surface area contributed by atoms with E-state index in [-0.39, 0.29) is 40.8 Å². The number of rotatable bonds is 9. The SMILES string of the molecule is CC[PH+](CC)CC.CC[PH+](CC)CC.CC[PH+](CC)CC.C[Si](C)(C)[Te].[Cu]. The summed E-state index contributed by atoms with van der Waals surface area (Å²) in [6.07, 6.45) is 13.1. The number of hydrogen-bond acceptors (Lipinski definition) is 0. The van der Waals surface area contributed by atoms with Crippen LogP contribution in [0.2, 0.25) is 19.6 Å². The second-order valence-electron chi connectivity index (χ2n) is 7.54. The van der Waals surface area contributed by atoms with E-state index in [1.165, 1.54) is 55.5 Å². The first-order chi connectivity index (χ1) is 12.0. The summed E-state index contributed by atoms with van der Waals surface area (Å²) < 4.78 is 0. The predicted octanol–water partition coefficient (Wildman–Crippen LogP) is 7.77. The summed E-state index contributed by atoms with van der Waals surface area (Å²) in [4.78, 5) is 0. The Kier molecular flexibility index (Phi) is 46.2. The fraction of sp³-hybridized carbons (Fsp3) is 1.00. The van der Waals surface area contributed by atoms with Crippen LogP contribution in [0.4, 0.5) is 0 Å². The van der Waals surface area contributed by atoms with E-state index in [1.807, 2.05) is 0 Å². The van der Waals surface area contributed by atoms with Gasteiger partial charge in [0.15, 0.2) is 0 Å². The van der Waals surface area contributed by atoms with E-state index in [4.69, 9.17) is 0 Å². The molecule has 0 aliphatic carbocycles. The van der Waals surface area contributed by atoms with Gasteiger partial charge in [-0.15, -0.1) is 0 Å². The molecule has 0 aliphatic rings. The van der Waals surface area contributed by atoms with Crippen molar-refractivity contribution in [3.8, 4) is 0 Å². The van der Waals surface area contributed by atoms with Crippen molar-refractivity contribution in [3.05, 3.63) is 0 Å². The van der Waals surface area contributed by atoms with Crippen molar-refractivity contribution in [1.82, 2.24) is 0 Å². The third-order valence-corrected chi connectivity index (χ3v) is 13.5. The van der Waals surface area contributed by atoms with Gasteiger partial charge in [-0.3, -0.25) is 0 Å². The molecule has 0 nitrogen and oxygen atoms in total. The van der Waals surface area contributed by atoms with Crippen LogP contribution in [0.15, 0.2) is 0 Å². The van der Waals surface area contributed by atoms with Crippen molar-refractivity contribution in [1.29, 1.82) is 0 Å². The zero-order valence-electron chi connectivity index (χ0n) is 21.1. The van der Waals surface area contributed by atoms with Gasteiger partial charge in [0, 0.05) is 17.1 Å². The van der Waals surface area contributed by atoms with Gasteiger partial charge in [0.1, 0.15) is 0 Å². The molecule has 0 heterocycles. The van der Waals surface area contributed by atoms with Crippen LogP contribution in [-0.2, 0) is 17.1 Å². The summed E-state index contributed by atoms with van der Waals surface area (Å²) in [5.41, 5.74) is -0.601. The molecular formula is C21H57CuP3SiTe+3.